The van der Waals surface area contributed by atoms with E-state index in [1.54, 1.807) is 13.8 Å². The van der Waals surface area contributed by atoms with Crippen LogP contribution in [-0.2, 0) is 25.7 Å². The first-order chi connectivity index (χ1) is 12.7. The van der Waals surface area contributed by atoms with Crippen molar-refractivity contribution < 1.29 is 24.4 Å². The Hall–Kier alpha value is -2.94. The average molecular weight is 378 g/mol. The quantitative estimate of drug-likeness (QED) is 0.218. The minimum atomic E-state index is -1.22. The summed E-state index contributed by atoms with van der Waals surface area (Å²) in [7, 11) is 0. The lowest BCUT2D eigenvalue weighted by Gasteiger charge is -2.21. The van der Waals surface area contributed by atoms with Gasteiger partial charge in [-0.15, -0.1) is 0 Å². The van der Waals surface area contributed by atoms with Gasteiger partial charge in [0.15, 0.2) is 0 Å². The molecule has 1 rings (SSSR count). The fourth-order valence-corrected chi connectivity index (χ4v) is 2.47. The van der Waals surface area contributed by atoms with Crippen LogP contribution in [0, 0.1) is 11.8 Å². The van der Waals surface area contributed by atoms with Gasteiger partial charge in [0.25, 0.3) is 5.91 Å². The molecule has 2 atom stereocenters. The van der Waals surface area contributed by atoms with Gasteiger partial charge in [-0.25, -0.2) is 5.48 Å². The Morgan fingerprint density at radius 3 is 2.19 bits per heavy atom. The fourth-order valence-electron chi connectivity index (χ4n) is 2.47. The molecular weight excluding hydrogens is 352 g/mol. The molecule has 4 amide bonds. The number of nitrogens with one attached hydrogen (secondary N) is 3. The summed E-state index contributed by atoms with van der Waals surface area (Å²) in [6.45, 7) is 3.81. The standard InChI is InChI=1S/C18H26N4O5/c1-11(2)8-13(17(25)22-27)16(24)21-14(9-15(19)23)18(26)20-10-12-6-4-3-5-7-12/h3-7,11,13-14,27H,8-10H2,1-2H3,(H2,19,23)(H,20,26)(H,21,24)(H,22,25)/t13-,14-/m0/s1. The first-order valence-corrected chi connectivity index (χ1v) is 8.58. The molecule has 0 fully saturated rings. The summed E-state index contributed by atoms with van der Waals surface area (Å²) < 4.78 is 0. The van der Waals surface area contributed by atoms with E-state index in [2.05, 4.69) is 10.6 Å². The Bertz CT molecular complexity index is 663. The molecule has 1 aromatic carbocycles. The highest BCUT2D eigenvalue weighted by Crippen LogP contribution is 2.13. The largest absolute Gasteiger partial charge is 0.370 e. The topological polar surface area (TPSA) is 151 Å². The van der Waals surface area contributed by atoms with Crippen molar-refractivity contribution in [2.75, 3.05) is 0 Å². The molecule has 27 heavy (non-hydrogen) atoms. The summed E-state index contributed by atoms with van der Waals surface area (Å²) in [5.41, 5.74) is 7.46. The summed E-state index contributed by atoms with van der Waals surface area (Å²) in [6, 6.07) is 7.86. The van der Waals surface area contributed by atoms with Crippen molar-refractivity contribution in [2.45, 2.75) is 39.3 Å². The number of hydroxylamine groups is 1. The molecule has 0 aromatic heterocycles. The highest BCUT2D eigenvalue weighted by atomic mass is 16.5. The van der Waals surface area contributed by atoms with Crippen LogP contribution in [0.1, 0.15) is 32.3 Å². The van der Waals surface area contributed by atoms with Crippen molar-refractivity contribution in [3.63, 3.8) is 0 Å². The van der Waals surface area contributed by atoms with Gasteiger partial charge in [-0.2, -0.15) is 0 Å². The Kier molecular flexibility index (Phi) is 8.94. The Labute approximate surface area is 157 Å². The van der Waals surface area contributed by atoms with Crippen molar-refractivity contribution in [2.24, 2.45) is 17.6 Å². The van der Waals surface area contributed by atoms with Gasteiger partial charge < -0.3 is 16.4 Å². The molecule has 0 heterocycles. The third-order valence-electron chi connectivity index (χ3n) is 3.80. The first kappa shape index (κ1) is 22.1. The molecule has 9 heteroatoms. The molecule has 9 nitrogen and oxygen atoms in total. The third-order valence-corrected chi connectivity index (χ3v) is 3.80. The number of carbonyl (C=O) groups is 4. The van der Waals surface area contributed by atoms with E-state index in [4.69, 9.17) is 10.9 Å². The van der Waals surface area contributed by atoms with Crippen LogP contribution in [0.5, 0.6) is 0 Å². The molecular formula is C18H26N4O5. The molecule has 0 bridgehead atoms. The monoisotopic (exact) mass is 378 g/mol. The molecule has 0 aliphatic carbocycles. The smallest absolute Gasteiger partial charge is 0.255 e. The number of carbonyl (C=O) groups excluding carboxylic acids is 4. The molecule has 0 saturated heterocycles. The number of hydrogen-bond donors (Lipinski definition) is 5. The predicted molar refractivity (Wildman–Crippen MR) is 96.9 cm³/mol. The molecule has 148 valence electrons. The number of nitrogens with two attached hydrogens (primary N) is 1. The van der Waals surface area contributed by atoms with Gasteiger partial charge in [-0.05, 0) is 17.9 Å². The number of hydrogen-bond acceptors (Lipinski definition) is 5. The SMILES string of the molecule is CC(C)C[C@H](C(=O)NO)C(=O)N[C@@H](CC(N)=O)C(=O)NCc1ccccc1. The number of amides is 4. The molecule has 0 unspecified atom stereocenters. The second kappa shape index (κ2) is 10.9. The summed E-state index contributed by atoms with van der Waals surface area (Å²) in [4.78, 5) is 47.9. The Morgan fingerprint density at radius 1 is 1.04 bits per heavy atom. The lowest BCUT2D eigenvalue weighted by atomic mass is 9.95. The molecule has 0 spiro atoms. The minimum Gasteiger partial charge on any atom is -0.370 e. The fraction of sp³-hybridized carbons (Fsp3) is 0.444. The van der Waals surface area contributed by atoms with Crippen LogP contribution < -0.4 is 21.8 Å². The Balaban J connectivity index is 2.81. The third kappa shape index (κ3) is 7.87. The van der Waals surface area contributed by atoms with E-state index in [9.17, 15) is 19.2 Å². The predicted octanol–water partition coefficient (Wildman–Crippen LogP) is -0.169. The van der Waals surface area contributed by atoms with E-state index in [1.165, 1.54) is 5.48 Å². The average Bonchev–Trinajstić information content (AvgIpc) is 2.63. The van der Waals surface area contributed by atoms with Gasteiger partial charge in [-0.1, -0.05) is 44.2 Å². The van der Waals surface area contributed by atoms with Gasteiger partial charge in [-0.3, -0.25) is 24.4 Å². The van der Waals surface area contributed by atoms with Gasteiger partial charge in [0, 0.05) is 6.54 Å². The molecule has 0 aliphatic heterocycles. The lowest BCUT2D eigenvalue weighted by molar-refractivity contribution is -0.143. The van der Waals surface area contributed by atoms with Crippen molar-refractivity contribution in [1.29, 1.82) is 0 Å². The van der Waals surface area contributed by atoms with E-state index < -0.39 is 42.0 Å². The maximum Gasteiger partial charge on any atom is 0.255 e. The van der Waals surface area contributed by atoms with Gasteiger partial charge in [0.1, 0.15) is 12.0 Å². The van der Waals surface area contributed by atoms with Crippen molar-refractivity contribution in [3.8, 4) is 0 Å². The van der Waals surface area contributed by atoms with Crippen LogP contribution >= 0.6 is 0 Å². The summed E-state index contributed by atoms with van der Waals surface area (Å²) in [5, 5.41) is 13.8. The molecule has 6 N–H and O–H groups in total. The van der Waals surface area contributed by atoms with Crippen molar-refractivity contribution in [1.82, 2.24) is 16.1 Å². The maximum atomic E-state index is 12.4. The molecule has 0 radical (unpaired) electrons. The van der Waals surface area contributed by atoms with Crippen LogP contribution in [0.2, 0.25) is 0 Å². The highest BCUT2D eigenvalue weighted by Gasteiger charge is 2.31. The second-order valence-electron chi connectivity index (χ2n) is 6.59. The number of primary amides is 1. The molecule has 0 aliphatic rings. The van der Waals surface area contributed by atoms with Crippen LogP contribution in [0.3, 0.4) is 0 Å². The van der Waals surface area contributed by atoms with E-state index >= 15 is 0 Å². The zero-order chi connectivity index (χ0) is 20.4. The van der Waals surface area contributed by atoms with Gasteiger partial charge >= 0.3 is 0 Å². The Morgan fingerprint density at radius 2 is 1.67 bits per heavy atom. The van der Waals surface area contributed by atoms with Crippen LogP contribution in [0.15, 0.2) is 30.3 Å². The van der Waals surface area contributed by atoms with E-state index in [1.807, 2.05) is 30.3 Å². The van der Waals surface area contributed by atoms with Gasteiger partial charge in [0.2, 0.25) is 17.7 Å². The zero-order valence-electron chi connectivity index (χ0n) is 15.4. The zero-order valence-corrected chi connectivity index (χ0v) is 15.4. The van der Waals surface area contributed by atoms with E-state index in [0.29, 0.717) is 0 Å². The number of benzene rings is 1. The lowest BCUT2D eigenvalue weighted by Crippen LogP contribution is -2.52. The second-order valence-corrected chi connectivity index (χ2v) is 6.59. The van der Waals surface area contributed by atoms with E-state index in [-0.39, 0.29) is 18.9 Å². The minimum absolute atomic E-state index is 0.0143. The van der Waals surface area contributed by atoms with Gasteiger partial charge in [0.05, 0.1) is 6.42 Å². The highest BCUT2D eigenvalue weighted by molar-refractivity contribution is 6.02. The molecule has 0 saturated carbocycles. The summed E-state index contributed by atoms with van der Waals surface area (Å²) in [6.07, 6.45) is -0.255. The van der Waals surface area contributed by atoms with Crippen LogP contribution in [0.4, 0.5) is 0 Å². The maximum absolute atomic E-state index is 12.4. The van der Waals surface area contributed by atoms with E-state index in [0.717, 1.165) is 5.56 Å². The summed E-state index contributed by atoms with van der Waals surface area (Å²) >= 11 is 0. The normalized spacial score (nSPS) is 12.7. The first-order valence-electron chi connectivity index (χ1n) is 8.58. The summed E-state index contributed by atoms with van der Waals surface area (Å²) in [5.74, 6) is -4.24. The van der Waals surface area contributed by atoms with Crippen molar-refractivity contribution in [3.05, 3.63) is 35.9 Å². The molecule has 1 aromatic rings. The van der Waals surface area contributed by atoms with Crippen LogP contribution in [-0.4, -0.2) is 34.9 Å². The van der Waals surface area contributed by atoms with Crippen LogP contribution in [0.25, 0.3) is 0 Å². The number of rotatable bonds is 10. The van der Waals surface area contributed by atoms with Crippen molar-refractivity contribution >= 4 is 23.6 Å².